The van der Waals surface area contributed by atoms with Gasteiger partial charge in [0.25, 0.3) is 0 Å². The first-order valence-electron chi connectivity index (χ1n) is 8.98. The molecular weight excluding hydrogens is 306 g/mol. The van der Waals surface area contributed by atoms with Crippen molar-refractivity contribution in [3.63, 3.8) is 0 Å². The third kappa shape index (κ3) is 4.18. The second-order valence-electron chi connectivity index (χ2n) is 6.94. The zero-order valence-corrected chi connectivity index (χ0v) is 15.5. The predicted molar refractivity (Wildman–Crippen MR) is 104 cm³/mol. The highest BCUT2D eigenvalue weighted by molar-refractivity contribution is 5.32. The van der Waals surface area contributed by atoms with Crippen molar-refractivity contribution < 1.29 is 0 Å². The average Bonchev–Trinajstić information content (AvgIpc) is 3.01. The quantitative estimate of drug-likeness (QED) is 0.675. The number of benzene rings is 2. The van der Waals surface area contributed by atoms with Crippen LogP contribution in [0, 0.1) is 6.92 Å². The van der Waals surface area contributed by atoms with E-state index in [1.807, 2.05) is 22.9 Å². The Labute approximate surface area is 150 Å². The minimum Gasteiger partial charge on any atom is -0.306 e. The summed E-state index contributed by atoms with van der Waals surface area (Å²) in [5.74, 6) is 0.573. The van der Waals surface area contributed by atoms with Crippen LogP contribution in [0.4, 0.5) is 0 Å². The predicted octanol–water partition coefficient (Wildman–Crippen LogP) is 5.15. The second-order valence-corrected chi connectivity index (χ2v) is 6.94. The van der Waals surface area contributed by atoms with Crippen LogP contribution in [0.1, 0.15) is 55.1 Å². The molecule has 1 atom stereocenters. The normalized spacial score (nSPS) is 12.5. The summed E-state index contributed by atoms with van der Waals surface area (Å²) < 4.78 is 1.95. The molecule has 0 spiro atoms. The molecule has 0 aliphatic rings. The number of nitrogens with one attached hydrogen (secondary N) is 1. The van der Waals surface area contributed by atoms with Crippen LogP contribution in [0.5, 0.6) is 0 Å². The summed E-state index contributed by atoms with van der Waals surface area (Å²) in [6.07, 6.45) is 2.12. The topological polar surface area (TPSA) is 29.9 Å². The monoisotopic (exact) mass is 333 g/mol. The molecule has 3 heteroatoms. The minimum absolute atomic E-state index is 0.306. The Morgan fingerprint density at radius 2 is 1.56 bits per heavy atom. The SMILES string of the molecule is Cc1nn(-c2ccccc2)cc1CNC(C)c1ccc(C(C)C)cc1. The van der Waals surface area contributed by atoms with Gasteiger partial charge in [0.2, 0.25) is 0 Å². The van der Waals surface area contributed by atoms with Gasteiger partial charge < -0.3 is 5.32 Å². The number of hydrogen-bond donors (Lipinski definition) is 1. The van der Waals surface area contributed by atoms with Crippen LogP contribution in [-0.4, -0.2) is 9.78 Å². The summed E-state index contributed by atoms with van der Waals surface area (Å²) in [6, 6.07) is 19.5. The van der Waals surface area contributed by atoms with Crippen molar-refractivity contribution in [1.29, 1.82) is 0 Å². The summed E-state index contributed by atoms with van der Waals surface area (Å²) in [5, 5.41) is 8.26. The first-order chi connectivity index (χ1) is 12.0. The molecule has 3 nitrogen and oxygen atoms in total. The Kier molecular flexibility index (Phi) is 5.34. The molecule has 1 heterocycles. The molecule has 3 rings (SSSR count). The summed E-state index contributed by atoms with van der Waals surface area (Å²) in [4.78, 5) is 0. The van der Waals surface area contributed by atoms with Crippen LogP contribution in [0.25, 0.3) is 5.69 Å². The van der Waals surface area contributed by atoms with Crippen molar-refractivity contribution in [2.24, 2.45) is 0 Å². The summed E-state index contributed by atoms with van der Waals surface area (Å²) in [6.45, 7) is 9.54. The van der Waals surface area contributed by atoms with Crippen LogP contribution in [0.3, 0.4) is 0 Å². The molecule has 0 saturated heterocycles. The van der Waals surface area contributed by atoms with Crippen molar-refractivity contribution in [2.75, 3.05) is 0 Å². The zero-order chi connectivity index (χ0) is 17.8. The van der Waals surface area contributed by atoms with Gasteiger partial charge in [-0.15, -0.1) is 0 Å². The second kappa shape index (κ2) is 7.66. The fraction of sp³-hybridized carbons (Fsp3) is 0.318. The van der Waals surface area contributed by atoms with Gasteiger partial charge in [-0.1, -0.05) is 56.3 Å². The van der Waals surface area contributed by atoms with Crippen molar-refractivity contribution in [1.82, 2.24) is 15.1 Å². The number of aryl methyl sites for hydroxylation is 1. The zero-order valence-electron chi connectivity index (χ0n) is 15.5. The van der Waals surface area contributed by atoms with Gasteiger partial charge in [0.15, 0.2) is 0 Å². The molecular formula is C22H27N3. The molecule has 1 aromatic heterocycles. The van der Waals surface area contributed by atoms with E-state index in [1.54, 1.807) is 0 Å². The first-order valence-corrected chi connectivity index (χ1v) is 8.98. The fourth-order valence-electron chi connectivity index (χ4n) is 2.93. The fourth-order valence-corrected chi connectivity index (χ4v) is 2.93. The van der Waals surface area contributed by atoms with E-state index in [9.17, 15) is 0 Å². The lowest BCUT2D eigenvalue weighted by Crippen LogP contribution is -2.18. The van der Waals surface area contributed by atoms with E-state index in [4.69, 9.17) is 0 Å². The van der Waals surface area contributed by atoms with Gasteiger partial charge >= 0.3 is 0 Å². The van der Waals surface area contributed by atoms with Gasteiger partial charge in [0, 0.05) is 24.3 Å². The largest absolute Gasteiger partial charge is 0.306 e. The molecule has 0 fully saturated rings. The van der Waals surface area contributed by atoms with E-state index in [0.29, 0.717) is 12.0 Å². The van der Waals surface area contributed by atoms with E-state index >= 15 is 0 Å². The third-order valence-corrected chi connectivity index (χ3v) is 4.72. The molecule has 0 amide bonds. The molecule has 0 bridgehead atoms. The lowest BCUT2D eigenvalue weighted by molar-refractivity contribution is 0.573. The molecule has 0 aliphatic heterocycles. The lowest BCUT2D eigenvalue weighted by atomic mass is 9.99. The average molecular weight is 333 g/mol. The summed E-state index contributed by atoms with van der Waals surface area (Å²) in [5.41, 5.74) is 6.09. The molecule has 130 valence electrons. The Balaban J connectivity index is 1.66. The van der Waals surface area contributed by atoms with E-state index in [0.717, 1.165) is 17.9 Å². The third-order valence-electron chi connectivity index (χ3n) is 4.72. The minimum atomic E-state index is 0.306. The summed E-state index contributed by atoms with van der Waals surface area (Å²) in [7, 11) is 0. The standard InChI is InChI=1S/C22H27N3/c1-16(2)19-10-12-20(13-11-19)17(3)23-14-21-15-25(24-18(21)4)22-8-6-5-7-9-22/h5-13,15-17,23H,14H2,1-4H3. The highest BCUT2D eigenvalue weighted by atomic mass is 15.3. The van der Waals surface area contributed by atoms with Gasteiger partial charge in [0.1, 0.15) is 0 Å². The van der Waals surface area contributed by atoms with Crippen molar-refractivity contribution in [3.8, 4) is 5.69 Å². The smallest absolute Gasteiger partial charge is 0.0645 e. The first kappa shape index (κ1) is 17.4. The Bertz CT molecular complexity index is 801. The van der Waals surface area contributed by atoms with E-state index in [1.165, 1.54) is 16.7 Å². The van der Waals surface area contributed by atoms with Crippen molar-refractivity contribution in [3.05, 3.63) is 83.2 Å². The van der Waals surface area contributed by atoms with Gasteiger partial charge in [0.05, 0.1) is 11.4 Å². The summed E-state index contributed by atoms with van der Waals surface area (Å²) >= 11 is 0. The Hall–Kier alpha value is -2.39. The van der Waals surface area contributed by atoms with E-state index < -0.39 is 0 Å². The molecule has 0 radical (unpaired) electrons. The van der Waals surface area contributed by atoms with Crippen LogP contribution >= 0.6 is 0 Å². The highest BCUT2D eigenvalue weighted by Gasteiger charge is 2.10. The number of hydrogen-bond acceptors (Lipinski definition) is 2. The van der Waals surface area contributed by atoms with Crippen LogP contribution in [0.15, 0.2) is 60.8 Å². The maximum atomic E-state index is 4.64. The Morgan fingerprint density at radius 3 is 2.20 bits per heavy atom. The van der Waals surface area contributed by atoms with Crippen molar-refractivity contribution in [2.45, 2.75) is 46.2 Å². The Morgan fingerprint density at radius 1 is 0.920 bits per heavy atom. The maximum Gasteiger partial charge on any atom is 0.0645 e. The number of para-hydroxylation sites is 1. The highest BCUT2D eigenvalue weighted by Crippen LogP contribution is 2.19. The number of rotatable bonds is 6. The molecule has 0 saturated carbocycles. The van der Waals surface area contributed by atoms with Crippen LogP contribution < -0.4 is 5.32 Å². The lowest BCUT2D eigenvalue weighted by Gasteiger charge is -2.15. The molecule has 1 N–H and O–H groups in total. The molecule has 0 aliphatic carbocycles. The molecule has 1 unspecified atom stereocenters. The molecule has 25 heavy (non-hydrogen) atoms. The van der Waals surface area contributed by atoms with Crippen LogP contribution in [-0.2, 0) is 6.54 Å². The maximum absolute atomic E-state index is 4.64. The van der Waals surface area contributed by atoms with Gasteiger partial charge in [-0.25, -0.2) is 4.68 Å². The molecule has 3 aromatic rings. The van der Waals surface area contributed by atoms with E-state index in [-0.39, 0.29) is 0 Å². The van der Waals surface area contributed by atoms with Crippen molar-refractivity contribution >= 4 is 0 Å². The number of nitrogens with zero attached hydrogens (tertiary/aromatic N) is 2. The van der Waals surface area contributed by atoms with E-state index in [2.05, 4.69) is 80.7 Å². The van der Waals surface area contributed by atoms with Gasteiger partial charge in [-0.05, 0) is 43.0 Å². The van der Waals surface area contributed by atoms with Gasteiger partial charge in [-0.3, -0.25) is 0 Å². The van der Waals surface area contributed by atoms with Gasteiger partial charge in [-0.2, -0.15) is 5.10 Å². The van der Waals surface area contributed by atoms with Crippen LogP contribution in [0.2, 0.25) is 0 Å². The number of aromatic nitrogens is 2. The molecule has 2 aromatic carbocycles.